The van der Waals surface area contributed by atoms with Crippen LogP contribution in [0.4, 0.5) is 5.69 Å². The number of nitrogens with zero attached hydrogens (tertiary/aromatic N) is 1. The topological polar surface area (TPSA) is 15.3 Å². The van der Waals surface area contributed by atoms with Crippen LogP contribution in [0, 0.1) is 5.41 Å². The lowest BCUT2D eigenvalue weighted by molar-refractivity contribution is 0.330. The van der Waals surface area contributed by atoms with Gasteiger partial charge in [-0.2, -0.15) is 0 Å². The second kappa shape index (κ2) is 7.33. The molecule has 0 aromatic heterocycles. The maximum atomic E-state index is 6.46. The minimum atomic E-state index is 0.222. The molecule has 0 aliphatic carbocycles. The fourth-order valence-electron chi connectivity index (χ4n) is 2.15. The average Bonchev–Trinajstić information content (AvgIpc) is 2.36. The number of halogens is 1. The van der Waals surface area contributed by atoms with E-state index in [9.17, 15) is 0 Å². The highest BCUT2D eigenvalue weighted by Gasteiger charge is 2.25. The fraction of sp³-hybridized carbons (Fsp3) is 0.647. The van der Waals surface area contributed by atoms with Crippen molar-refractivity contribution in [2.75, 3.05) is 18.5 Å². The van der Waals surface area contributed by atoms with Crippen molar-refractivity contribution in [1.29, 1.82) is 0 Å². The van der Waals surface area contributed by atoms with E-state index in [0.29, 0.717) is 6.04 Å². The summed E-state index contributed by atoms with van der Waals surface area (Å²) >= 11 is 6.46. The molecular weight excluding hydrogens is 268 g/mol. The van der Waals surface area contributed by atoms with Crippen LogP contribution in [0.15, 0.2) is 18.2 Å². The molecule has 1 atom stereocenters. The molecule has 0 heterocycles. The molecule has 0 aliphatic heterocycles. The molecule has 3 heteroatoms. The highest BCUT2D eigenvalue weighted by molar-refractivity contribution is 6.33. The predicted octanol–water partition coefficient (Wildman–Crippen LogP) is 4.71. The van der Waals surface area contributed by atoms with Crippen molar-refractivity contribution in [2.24, 2.45) is 5.41 Å². The Hall–Kier alpha value is -0.730. The molecular formula is C17H29ClN2. The SMILES string of the molecule is CCCNCc1ccc(N(C)C(C)C(C)(C)C)c(Cl)c1. The van der Waals surface area contributed by atoms with Crippen molar-refractivity contribution in [2.45, 2.75) is 53.6 Å². The summed E-state index contributed by atoms with van der Waals surface area (Å²) in [5.41, 5.74) is 2.57. The first-order valence-corrected chi connectivity index (χ1v) is 7.87. The van der Waals surface area contributed by atoms with Gasteiger partial charge in [0.1, 0.15) is 0 Å². The molecule has 1 aromatic rings. The van der Waals surface area contributed by atoms with Crippen LogP contribution in [0.2, 0.25) is 5.02 Å². The van der Waals surface area contributed by atoms with E-state index in [2.05, 4.69) is 70.1 Å². The van der Waals surface area contributed by atoms with Gasteiger partial charge in [-0.25, -0.2) is 0 Å². The number of anilines is 1. The zero-order chi connectivity index (χ0) is 15.3. The highest BCUT2D eigenvalue weighted by atomic mass is 35.5. The summed E-state index contributed by atoms with van der Waals surface area (Å²) in [5, 5.41) is 4.23. The van der Waals surface area contributed by atoms with Crippen LogP contribution < -0.4 is 10.2 Å². The second-order valence-corrected chi connectivity index (χ2v) is 7.02. The van der Waals surface area contributed by atoms with Crippen LogP contribution in [0.25, 0.3) is 0 Å². The molecule has 0 spiro atoms. The Labute approximate surface area is 129 Å². The minimum Gasteiger partial charge on any atom is -0.370 e. The Kier molecular flexibility index (Phi) is 6.35. The van der Waals surface area contributed by atoms with Gasteiger partial charge >= 0.3 is 0 Å². The average molecular weight is 297 g/mol. The summed E-state index contributed by atoms with van der Waals surface area (Å²) in [6.07, 6.45) is 1.15. The maximum absolute atomic E-state index is 6.46. The van der Waals surface area contributed by atoms with Crippen molar-refractivity contribution < 1.29 is 0 Å². The molecule has 0 radical (unpaired) electrons. The molecule has 1 rings (SSSR count). The van der Waals surface area contributed by atoms with Gasteiger partial charge in [0.2, 0.25) is 0 Å². The fourth-order valence-corrected chi connectivity index (χ4v) is 2.48. The van der Waals surface area contributed by atoms with E-state index in [1.807, 2.05) is 0 Å². The normalized spacial score (nSPS) is 13.3. The van der Waals surface area contributed by atoms with E-state index in [1.165, 1.54) is 5.56 Å². The number of hydrogen-bond donors (Lipinski definition) is 1. The van der Waals surface area contributed by atoms with E-state index >= 15 is 0 Å². The first-order chi connectivity index (χ1) is 9.27. The predicted molar refractivity (Wildman–Crippen MR) is 90.8 cm³/mol. The number of rotatable bonds is 6. The van der Waals surface area contributed by atoms with E-state index in [-0.39, 0.29) is 5.41 Å². The number of benzene rings is 1. The minimum absolute atomic E-state index is 0.222. The van der Waals surface area contributed by atoms with E-state index in [1.54, 1.807) is 0 Å². The zero-order valence-corrected chi connectivity index (χ0v) is 14.5. The van der Waals surface area contributed by atoms with Gasteiger partial charge in [-0.1, -0.05) is 45.4 Å². The van der Waals surface area contributed by atoms with Crippen molar-refractivity contribution in [3.63, 3.8) is 0 Å². The Morgan fingerprint density at radius 2 is 1.95 bits per heavy atom. The van der Waals surface area contributed by atoms with Gasteiger partial charge in [0.15, 0.2) is 0 Å². The third-order valence-electron chi connectivity index (χ3n) is 3.98. The smallest absolute Gasteiger partial charge is 0.0642 e. The third-order valence-corrected chi connectivity index (χ3v) is 4.28. The summed E-state index contributed by atoms with van der Waals surface area (Å²) in [6.45, 7) is 13.1. The van der Waals surface area contributed by atoms with Crippen molar-refractivity contribution in [3.05, 3.63) is 28.8 Å². The van der Waals surface area contributed by atoms with Gasteiger partial charge in [0.05, 0.1) is 10.7 Å². The zero-order valence-electron chi connectivity index (χ0n) is 13.8. The molecule has 0 bridgehead atoms. The van der Waals surface area contributed by atoms with Gasteiger partial charge < -0.3 is 10.2 Å². The molecule has 0 saturated carbocycles. The van der Waals surface area contributed by atoms with Crippen molar-refractivity contribution in [3.8, 4) is 0 Å². The van der Waals surface area contributed by atoms with E-state index in [4.69, 9.17) is 11.6 Å². The maximum Gasteiger partial charge on any atom is 0.0642 e. The summed E-state index contributed by atoms with van der Waals surface area (Å²) in [5.74, 6) is 0. The molecule has 1 aromatic carbocycles. The summed E-state index contributed by atoms with van der Waals surface area (Å²) in [7, 11) is 2.12. The van der Waals surface area contributed by atoms with Crippen LogP contribution in [0.5, 0.6) is 0 Å². The van der Waals surface area contributed by atoms with Crippen LogP contribution >= 0.6 is 11.6 Å². The lowest BCUT2D eigenvalue weighted by Gasteiger charge is -2.37. The van der Waals surface area contributed by atoms with Gasteiger partial charge in [-0.15, -0.1) is 0 Å². The molecule has 20 heavy (non-hydrogen) atoms. The van der Waals surface area contributed by atoms with Crippen molar-refractivity contribution >= 4 is 17.3 Å². The first kappa shape index (κ1) is 17.3. The molecule has 0 fully saturated rings. The Balaban J connectivity index is 2.82. The first-order valence-electron chi connectivity index (χ1n) is 7.49. The van der Waals surface area contributed by atoms with Crippen LogP contribution in [-0.4, -0.2) is 19.6 Å². The Bertz CT molecular complexity index is 423. The molecule has 0 aliphatic rings. The van der Waals surface area contributed by atoms with Crippen molar-refractivity contribution in [1.82, 2.24) is 5.32 Å². The molecule has 1 N–H and O–H groups in total. The summed E-state index contributed by atoms with van der Waals surface area (Å²) in [6, 6.07) is 6.79. The van der Waals surface area contributed by atoms with Gasteiger partial charge in [0.25, 0.3) is 0 Å². The van der Waals surface area contributed by atoms with Crippen LogP contribution in [-0.2, 0) is 6.54 Å². The third kappa shape index (κ3) is 4.68. The molecule has 1 unspecified atom stereocenters. The number of hydrogen-bond acceptors (Lipinski definition) is 2. The molecule has 2 nitrogen and oxygen atoms in total. The van der Waals surface area contributed by atoms with Gasteiger partial charge in [0, 0.05) is 19.6 Å². The van der Waals surface area contributed by atoms with E-state index < -0.39 is 0 Å². The number of nitrogens with one attached hydrogen (secondary N) is 1. The summed E-state index contributed by atoms with van der Waals surface area (Å²) < 4.78 is 0. The van der Waals surface area contributed by atoms with Gasteiger partial charge in [-0.05, 0) is 43.0 Å². The van der Waals surface area contributed by atoms with Gasteiger partial charge in [-0.3, -0.25) is 0 Å². The monoisotopic (exact) mass is 296 g/mol. The second-order valence-electron chi connectivity index (χ2n) is 6.62. The molecule has 0 amide bonds. The lowest BCUT2D eigenvalue weighted by Crippen LogP contribution is -2.39. The Morgan fingerprint density at radius 1 is 1.30 bits per heavy atom. The standard InChI is InChI=1S/C17H29ClN2/c1-7-10-19-12-14-8-9-16(15(18)11-14)20(6)13(2)17(3,4)5/h8-9,11,13,19H,7,10,12H2,1-6H3. The van der Waals surface area contributed by atoms with Crippen LogP contribution in [0.3, 0.4) is 0 Å². The summed E-state index contributed by atoms with van der Waals surface area (Å²) in [4.78, 5) is 2.27. The quantitative estimate of drug-likeness (QED) is 0.765. The largest absolute Gasteiger partial charge is 0.370 e. The molecule has 114 valence electrons. The molecule has 0 saturated heterocycles. The van der Waals surface area contributed by atoms with E-state index in [0.717, 1.165) is 30.2 Å². The highest BCUT2D eigenvalue weighted by Crippen LogP contribution is 2.32. The lowest BCUT2D eigenvalue weighted by atomic mass is 9.87. The van der Waals surface area contributed by atoms with Crippen LogP contribution in [0.1, 0.15) is 46.6 Å². The Morgan fingerprint density at radius 3 is 2.45 bits per heavy atom.